The molecule has 12 heteroatoms. The monoisotopic (exact) mass is 466 g/mol. The Kier molecular flexibility index (Phi) is 7.58. The molecule has 2 rings (SSSR count). The first kappa shape index (κ1) is 24.9. The lowest BCUT2D eigenvalue weighted by Crippen LogP contribution is -2.38. The van der Waals surface area contributed by atoms with Gasteiger partial charge in [0, 0.05) is 23.9 Å². The summed E-state index contributed by atoms with van der Waals surface area (Å²) in [4.78, 5) is 20.5. The highest BCUT2D eigenvalue weighted by molar-refractivity contribution is 7.17. The number of pyridine rings is 1. The van der Waals surface area contributed by atoms with Crippen LogP contribution in [0.4, 0.5) is 27.8 Å². The van der Waals surface area contributed by atoms with Gasteiger partial charge in [0.05, 0.1) is 16.2 Å². The molecular weight excluding hydrogens is 443 g/mol. The number of rotatable bonds is 8. The quantitative estimate of drug-likeness (QED) is 0.491. The van der Waals surface area contributed by atoms with Crippen LogP contribution in [0.15, 0.2) is 12.3 Å². The van der Waals surface area contributed by atoms with Crippen molar-refractivity contribution in [3.05, 3.63) is 28.5 Å². The smallest absolute Gasteiger partial charge is 0.389 e. The van der Waals surface area contributed by atoms with Crippen molar-refractivity contribution in [3.8, 4) is 10.4 Å². The molecule has 1 atom stereocenters. The van der Waals surface area contributed by atoms with Gasteiger partial charge in [-0.25, -0.2) is 18.7 Å². The number of halogens is 5. The van der Waals surface area contributed by atoms with E-state index in [0.29, 0.717) is 5.69 Å². The van der Waals surface area contributed by atoms with Gasteiger partial charge in [-0.15, -0.1) is 11.3 Å². The first-order chi connectivity index (χ1) is 14.2. The number of amides is 1. The first-order valence-corrected chi connectivity index (χ1v) is 10.1. The van der Waals surface area contributed by atoms with Crippen molar-refractivity contribution >= 4 is 23.1 Å². The van der Waals surface area contributed by atoms with Gasteiger partial charge in [0.1, 0.15) is 11.9 Å². The minimum Gasteiger partial charge on any atom is -0.389 e. The highest BCUT2D eigenvalue weighted by Crippen LogP contribution is 2.37. The summed E-state index contributed by atoms with van der Waals surface area (Å²) >= 11 is 0.853. The zero-order valence-corrected chi connectivity index (χ0v) is 18.1. The topological polar surface area (TPSA) is 87.1 Å². The number of hydrogen-bond donors (Lipinski definition) is 3. The third kappa shape index (κ3) is 6.57. The number of carbonyl (C=O) groups excluding carboxylic acids is 1. The molecule has 2 heterocycles. The molecule has 0 aliphatic carbocycles. The Morgan fingerprint density at radius 3 is 2.45 bits per heavy atom. The van der Waals surface area contributed by atoms with Crippen molar-refractivity contribution in [1.82, 2.24) is 15.3 Å². The SMILES string of the molecule is CCC(Nc1cc(C(F)F)c(-c2sc(C(=O)NCC(C)(C)O)nc2C)cn1)C(F)(F)F. The van der Waals surface area contributed by atoms with Gasteiger partial charge >= 0.3 is 6.18 Å². The summed E-state index contributed by atoms with van der Waals surface area (Å²) in [5, 5.41) is 14.3. The summed E-state index contributed by atoms with van der Waals surface area (Å²) < 4.78 is 66.3. The van der Waals surface area contributed by atoms with Gasteiger partial charge in [0.25, 0.3) is 12.3 Å². The molecule has 0 aliphatic rings. The maximum atomic E-state index is 13.7. The van der Waals surface area contributed by atoms with Crippen molar-refractivity contribution in [3.63, 3.8) is 0 Å². The molecule has 0 aliphatic heterocycles. The molecule has 2 aromatic heterocycles. The summed E-state index contributed by atoms with van der Waals surface area (Å²) in [5.41, 5.74) is -1.39. The van der Waals surface area contributed by atoms with Crippen LogP contribution in [0.5, 0.6) is 0 Å². The number of anilines is 1. The van der Waals surface area contributed by atoms with Gasteiger partial charge in [-0.1, -0.05) is 6.92 Å². The molecule has 172 valence electrons. The van der Waals surface area contributed by atoms with Gasteiger partial charge in [-0.3, -0.25) is 4.79 Å². The average Bonchev–Trinajstić information content (AvgIpc) is 3.04. The van der Waals surface area contributed by atoms with Crippen LogP contribution in [0.25, 0.3) is 10.4 Å². The molecule has 0 aromatic carbocycles. The third-order valence-electron chi connectivity index (χ3n) is 4.21. The van der Waals surface area contributed by atoms with E-state index in [1.54, 1.807) is 0 Å². The number of aromatic nitrogens is 2. The largest absolute Gasteiger partial charge is 0.408 e. The second-order valence-electron chi connectivity index (χ2n) is 7.53. The average molecular weight is 466 g/mol. The van der Waals surface area contributed by atoms with Gasteiger partial charge in [-0.2, -0.15) is 13.2 Å². The van der Waals surface area contributed by atoms with Crippen molar-refractivity contribution in [2.24, 2.45) is 0 Å². The molecule has 0 bridgehead atoms. The Hall–Kier alpha value is -2.34. The van der Waals surface area contributed by atoms with Crippen molar-refractivity contribution in [1.29, 1.82) is 0 Å². The zero-order valence-electron chi connectivity index (χ0n) is 17.3. The van der Waals surface area contributed by atoms with Crippen LogP contribution in [-0.4, -0.2) is 45.3 Å². The van der Waals surface area contributed by atoms with Crippen LogP contribution < -0.4 is 10.6 Å². The Bertz CT molecular complexity index is 925. The molecule has 2 aromatic rings. The maximum absolute atomic E-state index is 13.7. The van der Waals surface area contributed by atoms with E-state index in [-0.39, 0.29) is 34.2 Å². The zero-order chi connectivity index (χ0) is 23.6. The van der Waals surface area contributed by atoms with Crippen molar-refractivity contribution < 1.29 is 31.9 Å². The number of hydrogen-bond acceptors (Lipinski definition) is 6. The van der Waals surface area contributed by atoms with Crippen LogP contribution in [0.3, 0.4) is 0 Å². The Morgan fingerprint density at radius 1 is 1.29 bits per heavy atom. The summed E-state index contributed by atoms with van der Waals surface area (Å²) in [6.07, 6.45) is -6.79. The molecule has 1 amide bonds. The second-order valence-corrected chi connectivity index (χ2v) is 8.53. The van der Waals surface area contributed by atoms with E-state index in [9.17, 15) is 31.9 Å². The summed E-state index contributed by atoms with van der Waals surface area (Å²) in [5.74, 6) is -0.907. The standard InChI is InChI=1S/C19H23F5N4O2S/c1-5-12(19(22,23)24)28-13-6-10(15(20)21)11(7-25-13)14-9(2)27-17(31-14)16(29)26-8-18(3,4)30/h6-7,12,15,30H,5,8H2,1-4H3,(H,25,28)(H,26,29). The molecule has 6 nitrogen and oxygen atoms in total. The van der Waals surface area contributed by atoms with E-state index in [1.807, 2.05) is 0 Å². The number of aryl methyl sites for hydroxylation is 1. The van der Waals surface area contributed by atoms with Gasteiger partial charge < -0.3 is 15.7 Å². The molecule has 0 fully saturated rings. The molecule has 0 saturated carbocycles. The number of nitrogens with zero attached hydrogens (tertiary/aromatic N) is 2. The van der Waals surface area contributed by atoms with Crippen molar-refractivity contribution in [2.45, 2.75) is 58.4 Å². The number of thiazole rings is 1. The molecule has 0 radical (unpaired) electrons. The molecule has 3 N–H and O–H groups in total. The van der Waals surface area contributed by atoms with E-state index in [2.05, 4.69) is 20.6 Å². The van der Waals surface area contributed by atoms with E-state index < -0.39 is 35.7 Å². The van der Waals surface area contributed by atoms with Crippen LogP contribution in [-0.2, 0) is 0 Å². The number of nitrogens with one attached hydrogen (secondary N) is 2. The van der Waals surface area contributed by atoms with Gasteiger partial charge in [0.15, 0.2) is 5.01 Å². The predicted octanol–water partition coefficient (Wildman–Crippen LogP) is 4.70. The van der Waals surface area contributed by atoms with Gasteiger partial charge in [0.2, 0.25) is 0 Å². The number of aliphatic hydroxyl groups is 1. The second kappa shape index (κ2) is 9.43. The van der Waals surface area contributed by atoms with E-state index in [4.69, 9.17) is 0 Å². The van der Waals surface area contributed by atoms with Crippen molar-refractivity contribution in [2.75, 3.05) is 11.9 Å². The fourth-order valence-corrected chi connectivity index (χ4v) is 3.64. The minimum atomic E-state index is -4.56. The van der Waals surface area contributed by atoms with Crippen LogP contribution in [0.1, 0.15) is 54.7 Å². The predicted molar refractivity (Wildman–Crippen MR) is 107 cm³/mol. The summed E-state index contributed by atoms with van der Waals surface area (Å²) in [6, 6.07) is -1.05. The normalized spacial score (nSPS) is 13.4. The first-order valence-electron chi connectivity index (χ1n) is 9.32. The molecular formula is C19H23F5N4O2S. The Balaban J connectivity index is 2.36. The fraction of sp³-hybridized carbons (Fsp3) is 0.526. The highest BCUT2D eigenvalue weighted by Gasteiger charge is 2.38. The fourth-order valence-electron chi connectivity index (χ4n) is 2.63. The van der Waals surface area contributed by atoms with E-state index in [0.717, 1.165) is 23.6 Å². The number of carbonyl (C=O) groups is 1. The molecule has 31 heavy (non-hydrogen) atoms. The lowest BCUT2D eigenvalue weighted by Gasteiger charge is -2.21. The Morgan fingerprint density at radius 2 is 1.94 bits per heavy atom. The third-order valence-corrected chi connectivity index (χ3v) is 5.40. The van der Waals surface area contributed by atoms with Crippen LogP contribution in [0, 0.1) is 6.92 Å². The van der Waals surface area contributed by atoms with Crippen LogP contribution >= 0.6 is 11.3 Å². The molecule has 1 unspecified atom stereocenters. The van der Waals surface area contributed by atoms with E-state index >= 15 is 0 Å². The lowest BCUT2D eigenvalue weighted by molar-refractivity contribution is -0.142. The lowest BCUT2D eigenvalue weighted by atomic mass is 10.1. The van der Waals surface area contributed by atoms with Gasteiger partial charge in [-0.05, 0) is 33.3 Å². The van der Waals surface area contributed by atoms with E-state index in [1.165, 1.54) is 27.7 Å². The summed E-state index contributed by atoms with van der Waals surface area (Å²) in [6.45, 7) is 5.81. The molecule has 0 spiro atoms. The van der Waals surface area contributed by atoms with Crippen LogP contribution in [0.2, 0.25) is 0 Å². The summed E-state index contributed by atoms with van der Waals surface area (Å²) in [7, 11) is 0. The number of alkyl halides is 5. The maximum Gasteiger partial charge on any atom is 0.408 e. The Labute approximate surface area is 179 Å². The highest BCUT2D eigenvalue weighted by atomic mass is 32.1. The minimum absolute atomic E-state index is 0.00212. The molecule has 0 saturated heterocycles.